The zero-order valence-corrected chi connectivity index (χ0v) is 12.8. The van der Waals surface area contributed by atoms with Crippen LogP contribution in [0, 0.1) is 11.3 Å². The van der Waals surface area contributed by atoms with Gasteiger partial charge >= 0.3 is 0 Å². The first kappa shape index (κ1) is 16.0. The Morgan fingerprint density at radius 3 is 3.14 bits per heavy atom. The predicted molar refractivity (Wildman–Crippen MR) is 84.0 cm³/mol. The molecule has 0 aliphatic carbocycles. The first-order valence-electron chi connectivity index (χ1n) is 7.76. The van der Waals surface area contributed by atoms with Crippen LogP contribution in [0.2, 0.25) is 0 Å². The van der Waals surface area contributed by atoms with Gasteiger partial charge in [-0.15, -0.1) is 0 Å². The van der Waals surface area contributed by atoms with Gasteiger partial charge in [0.15, 0.2) is 0 Å². The number of nitrogens with zero attached hydrogens (tertiary/aromatic N) is 2. The molecule has 0 aromatic heterocycles. The SMILES string of the molecule is COCCNCC1CCCCN1Cc1cccc(C#N)c1. The monoisotopic (exact) mass is 287 g/mol. The molecule has 4 nitrogen and oxygen atoms in total. The zero-order valence-electron chi connectivity index (χ0n) is 12.8. The van der Waals surface area contributed by atoms with Gasteiger partial charge in [0, 0.05) is 32.8 Å². The molecule has 1 aromatic rings. The quantitative estimate of drug-likeness (QED) is 0.781. The van der Waals surface area contributed by atoms with E-state index in [0.29, 0.717) is 6.04 Å². The first-order chi connectivity index (χ1) is 10.3. The van der Waals surface area contributed by atoms with Crippen LogP contribution < -0.4 is 5.32 Å². The molecule has 1 unspecified atom stereocenters. The summed E-state index contributed by atoms with van der Waals surface area (Å²) in [5.41, 5.74) is 1.98. The minimum atomic E-state index is 0.585. The van der Waals surface area contributed by atoms with Crippen molar-refractivity contribution < 1.29 is 4.74 Å². The van der Waals surface area contributed by atoms with E-state index in [-0.39, 0.29) is 0 Å². The maximum Gasteiger partial charge on any atom is 0.0991 e. The largest absolute Gasteiger partial charge is 0.383 e. The molecule has 1 aromatic carbocycles. The first-order valence-corrected chi connectivity index (χ1v) is 7.76. The van der Waals surface area contributed by atoms with Crippen molar-refractivity contribution in [1.82, 2.24) is 10.2 Å². The van der Waals surface area contributed by atoms with Gasteiger partial charge in [-0.05, 0) is 37.1 Å². The topological polar surface area (TPSA) is 48.3 Å². The third-order valence-corrected chi connectivity index (χ3v) is 4.05. The zero-order chi connectivity index (χ0) is 14.9. The summed E-state index contributed by atoms with van der Waals surface area (Å²) < 4.78 is 5.07. The Morgan fingerprint density at radius 2 is 2.33 bits per heavy atom. The van der Waals surface area contributed by atoms with Crippen molar-refractivity contribution in [2.24, 2.45) is 0 Å². The molecular formula is C17H25N3O. The third-order valence-electron chi connectivity index (χ3n) is 4.05. The number of methoxy groups -OCH3 is 1. The van der Waals surface area contributed by atoms with Gasteiger partial charge in [0.25, 0.3) is 0 Å². The predicted octanol–water partition coefficient (Wildman–Crippen LogP) is 2.15. The van der Waals surface area contributed by atoms with Gasteiger partial charge in [0.2, 0.25) is 0 Å². The summed E-state index contributed by atoms with van der Waals surface area (Å²) in [6, 6.07) is 10.8. The highest BCUT2D eigenvalue weighted by atomic mass is 16.5. The molecule has 1 atom stereocenters. The normalized spacial score (nSPS) is 19.3. The van der Waals surface area contributed by atoms with Crippen LogP contribution in [0.25, 0.3) is 0 Å². The number of rotatable bonds is 7. The fraction of sp³-hybridized carbons (Fsp3) is 0.588. The van der Waals surface area contributed by atoms with Gasteiger partial charge in [-0.3, -0.25) is 4.90 Å². The van der Waals surface area contributed by atoms with Crippen LogP contribution in [-0.2, 0) is 11.3 Å². The summed E-state index contributed by atoms with van der Waals surface area (Å²) in [5.74, 6) is 0. The van der Waals surface area contributed by atoms with Gasteiger partial charge in [-0.1, -0.05) is 18.6 Å². The maximum absolute atomic E-state index is 9.00. The molecule has 114 valence electrons. The molecule has 1 fully saturated rings. The second-order valence-corrected chi connectivity index (χ2v) is 5.63. The highest BCUT2D eigenvalue weighted by molar-refractivity contribution is 5.32. The van der Waals surface area contributed by atoms with E-state index in [1.165, 1.54) is 24.8 Å². The summed E-state index contributed by atoms with van der Waals surface area (Å²) in [7, 11) is 1.73. The van der Waals surface area contributed by atoms with Crippen molar-refractivity contribution in [3.05, 3.63) is 35.4 Å². The molecule has 0 amide bonds. The summed E-state index contributed by atoms with van der Waals surface area (Å²) in [5, 5.41) is 12.5. The Morgan fingerprint density at radius 1 is 1.43 bits per heavy atom. The standard InChI is InChI=1S/C17H25N3O/c1-21-10-8-19-13-17-7-2-3-9-20(17)14-16-6-4-5-15(11-16)12-18/h4-6,11,17,19H,2-3,7-10,13-14H2,1H3. The van der Waals surface area contributed by atoms with E-state index in [9.17, 15) is 0 Å². The van der Waals surface area contributed by atoms with E-state index >= 15 is 0 Å². The molecule has 1 heterocycles. The highest BCUT2D eigenvalue weighted by Crippen LogP contribution is 2.19. The van der Waals surface area contributed by atoms with Crippen LogP contribution in [0.4, 0.5) is 0 Å². The van der Waals surface area contributed by atoms with Gasteiger partial charge in [-0.25, -0.2) is 0 Å². The molecular weight excluding hydrogens is 262 g/mol. The van der Waals surface area contributed by atoms with Crippen LogP contribution in [0.1, 0.15) is 30.4 Å². The highest BCUT2D eigenvalue weighted by Gasteiger charge is 2.21. The number of hydrogen-bond donors (Lipinski definition) is 1. The van der Waals surface area contributed by atoms with Crippen LogP contribution in [0.15, 0.2) is 24.3 Å². The fourth-order valence-electron chi connectivity index (χ4n) is 2.92. The lowest BCUT2D eigenvalue weighted by molar-refractivity contribution is 0.133. The smallest absolute Gasteiger partial charge is 0.0991 e. The van der Waals surface area contributed by atoms with Gasteiger partial charge < -0.3 is 10.1 Å². The summed E-state index contributed by atoms with van der Waals surface area (Å²) >= 11 is 0. The lowest BCUT2D eigenvalue weighted by Crippen LogP contribution is -2.45. The van der Waals surface area contributed by atoms with Gasteiger partial charge in [0.1, 0.15) is 0 Å². The molecule has 0 radical (unpaired) electrons. The second-order valence-electron chi connectivity index (χ2n) is 5.63. The molecule has 0 spiro atoms. The lowest BCUT2D eigenvalue weighted by Gasteiger charge is -2.36. The summed E-state index contributed by atoms with van der Waals surface area (Å²) in [4.78, 5) is 2.54. The van der Waals surface area contributed by atoms with E-state index < -0.39 is 0 Å². The third kappa shape index (κ3) is 5.13. The van der Waals surface area contributed by atoms with Crippen LogP contribution in [0.5, 0.6) is 0 Å². The Labute approximate surface area is 127 Å². The number of likely N-dealkylation sites (tertiary alicyclic amines) is 1. The molecule has 21 heavy (non-hydrogen) atoms. The number of nitriles is 1. The Kier molecular flexibility index (Phi) is 6.68. The van der Waals surface area contributed by atoms with E-state index in [1.54, 1.807) is 7.11 Å². The molecule has 0 bridgehead atoms. The molecule has 1 aliphatic rings. The fourth-order valence-corrected chi connectivity index (χ4v) is 2.92. The van der Waals surface area contributed by atoms with Crippen molar-refractivity contribution in [2.45, 2.75) is 31.8 Å². The molecule has 1 aliphatic heterocycles. The summed E-state index contributed by atoms with van der Waals surface area (Å²) in [6.45, 7) is 4.77. The number of hydrogen-bond acceptors (Lipinski definition) is 4. The Hall–Kier alpha value is -1.41. The van der Waals surface area contributed by atoms with Gasteiger partial charge in [0.05, 0.1) is 18.2 Å². The van der Waals surface area contributed by atoms with E-state index in [2.05, 4.69) is 22.4 Å². The minimum Gasteiger partial charge on any atom is -0.383 e. The van der Waals surface area contributed by atoms with E-state index in [4.69, 9.17) is 10.00 Å². The average Bonchev–Trinajstić information content (AvgIpc) is 2.53. The molecule has 1 N–H and O–H groups in total. The minimum absolute atomic E-state index is 0.585. The van der Waals surface area contributed by atoms with E-state index in [1.807, 2.05) is 18.2 Å². The van der Waals surface area contributed by atoms with Crippen molar-refractivity contribution >= 4 is 0 Å². The van der Waals surface area contributed by atoms with Crippen molar-refractivity contribution in [3.63, 3.8) is 0 Å². The maximum atomic E-state index is 9.00. The lowest BCUT2D eigenvalue weighted by atomic mass is 10.0. The van der Waals surface area contributed by atoms with Crippen molar-refractivity contribution in [1.29, 1.82) is 5.26 Å². The van der Waals surface area contributed by atoms with Gasteiger partial charge in [-0.2, -0.15) is 5.26 Å². The van der Waals surface area contributed by atoms with Crippen LogP contribution >= 0.6 is 0 Å². The van der Waals surface area contributed by atoms with Crippen molar-refractivity contribution in [3.8, 4) is 6.07 Å². The molecule has 4 heteroatoms. The average molecular weight is 287 g/mol. The molecule has 2 rings (SSSR count). The number of piperidine rings is 1. The number of nitrogens with one attached hydrogen (secondary N) is 1. The Bertz CT molecular complexity index is 469. The molecule has 1 saturated heterocycles. The second kappa shape index (κ2) is 8.78. The Balaban J connectivity index is 1.90. The van der Waals surface area contributed by atoms with E-state index in [0.717, 1.165) is 38.3 Å². The van der Waals surface area contributed by atoms with Crippen LogP contribution in [0.3, 0.4) is 0 Å². The number of ether oxygens (including phenoxy) is 1. The summed E-state index contributed by atoms with van der Waals surface area (Å²) in [6.07, 6.45) is 3.83. The van der Waals surface area contributed by atoms with Crippen LogP contribution in [-0.4, -0.2) is 44.3 Å². The molecule has 0 saturated carbocycles. The number of benzene rings is 1. The van der Waals surface area contributed by atoms with Crippen molar-refractivity contribution in [2.75, 3.05) is 33.4 Å².